The Morgan fingerprint density at radius 1 is 1.11 bits per heavy atom. The fourth-order valence-electron chi connectivity index (χ4n) is 2.53. The summed E-state index contributed by atoms with van der Waals surface area (Å²) in [6, 6.07) is 12.9. The zero-order valence-corrected chi connectivity index (χ0v) is 15.4. The molecule has 0 aliphatic heterocycles. The van der Waals surface area contributed by atoms with Gasteiger partial charge in [0.05, 0.1) is 20.8 Å². The number of aromatic nitrogens is 2. The lowest BCUT2D eigenvalue weighted by Crippen LogP contribution is -2.20. The van der Waals surface area contributed by atoms with E-state index in [-0.39, 0.29) is 12.6 Å². The number of nitrogens with zero attached hydrogens (tertiary/aromatic N) is 2. The van der Waals surface area contributed by atoms with Crippen LogP contribution in [-0.2, 0) is 6.67 Å². The summed E-state index contributed by atoms with van der Waals surface area (Å²) in [5.74, 6) is 1.00. The van der Waals surface area contributed by atoms with Gasteiger partial charge in [0, 0.05) is 11.3 Å². The zero-order chi connectivity index (χ0) is 19.2. The molecule has 1 heterocycles. The van der Waals surface area contributed by atoms with Gasteiger partial charge in [-0.2, -0.15) is 4.68 Å². The van der Waals surface area contributed by atoms with Gasteiger partial charge < -0.3 is 23.9 Å². The van der Waals surface area contributed by atoms with Gasteiger partial charge in [-0.25, -0.2) is 4.79 Å². The highest BCUT2D eigenvalue weighted by molar-refractivity contribution is 5.65. The van der Waals surface area contributed by atoms with Crippen LogP contribution in [0.1, 0.15) is 6.92 Å². The molecule has 0 saturated heterocycles. The van der Waals surface area contributed by atoms with Crippen molar-refractivity contribution in [2.45, 2.75) is 13.6 Å². The zero-order valence-electron chi connectivity index (χ0n) is 15.4. The molecule has 1 N–H and O–H groups in total. The molecule has 0 aliphatic rings. The molecule has 0 spiro atoms. The van der Waals surface area contributed by atoms with Crippen LogP contribution in [0.5, 0.6) is 17.2 Å². The fraction of sp³-hybridized carbons (Fsp3) is 0.263. The summed E-state index contributed by atoms with van der Waals surface area (Å²) >= 11 is 0. The molecule has 0 atom stereocenters. The van der Waals surface area contributed by atoms with Crippen LogP contribution >= 0.6 is 0 Å². The fourth-order valence-corrected chi connectivity index (χ4v) is 2.53. The SMILES string of the molecule is CCOc1c(OC)cc(-c2nn(CNc3ccccc3)c(=O)o2)cc1OC. The number of anilines is 1. The van der Waals surface area contributed by atoms with Crippen LogP contribution in [0.2, 0.25) is 0 Å². The third-order valence-corrected chi connectivity index (χ3v) is 3.81. The van der Waals surface area contributed by atoms with Gasteiger partial charge in [-0.05, 0) is 31.2 Å². The molecule has 8 nitrogen and oxygen atoms in total. The number of benzene rings is 2. The molecule has 0 radical (unpaired) electrons. The van der Waals surface area contributed by atoms with E-state index in [0.717, 1.165) is 5.69 Å². The van der Waals surface area contributed by atoms with Crippen molar-refractivity contribution in [1.29, 1.82) is 0 Å². The van der Waals surface area contributed by atoms with E-state index in [1.54, 1.807) is 12.1 Å². The van der Waals surface area contributed by atoms with Crippen LogP contribution < -0.4 is 25.3 Å². The maximum atomic E-state index is 12.1. The lowest BCUT2D eigenvalue weighted by molar-refractivity contribution is 0.288. The highest BCUT2D eigenvalue weighted by Crippen LogP contribution is 2.40. The summed E-state index contributed by atoms with van der Waals surface area (Å²) in [7, 11) is 3.05. The topological polar surface area (TPSA) is 87.8 Å². The molecular formula is C19H21N3O5. The number of para-hydroxylation sites is 1. The molecule has 2 aromatic carbocycles. The third-order valence-electron chi connectivity index (χ3n) is 3.81. The number of nitrogens with one attached hydrogen (secondary N) is 1. The van der Waals surface area contributed by atoms with Gasteiger partial charge in [-0.3, -0.25) is 0 Å². The molecule has 0 amide bonds. The molecule has 0 saturated carbocycles. The van der Waals surface area contributed by atoms with Gasteiger partial charge >= 0.3 is 5.76 Å². The minimum atomic E-state index is -0.569. The van der Waals surface area contributed by atoms with Crippen molar-refractivity contribution in [3.05, 3.63) is 53.0 Å². The Morgan fingerprint density at radius 2 is 1.78 bits per heavy atom. The monoisotopic (exact) mass is 371 g/mol. The van der Waals surface area contributed by atoms with E-state index in [1.165, 1.54) is 18.9 Å². The van der Waals surface area contributed by atoms with E-state index < -0.39 is 5.76 Å². The van der Waals surface area contributed by atoms with E-state index >= 15 is 0 Å². The average molecular weight is 371 g/mol. The molecule has 1 aromatic heterocycles. The van der Waals surface area contributed by atoms with Crippen LogP contribution in [-0.4, -0.2) is 30.6 Å². The number of hydrogen-bond donors (Lipinski definition) is 1. The van der Waals surface area contributed by atoms with Crippen molar-refractivity contribution in [2.75, 3.05) is 26.1 Å². The Hall–Kier alpha value is -3.42. The molecule has 0 fully saturated rings. The third kappa shape index (κ3) is 4.05. The summed E-state index contributed by atoms with van der Waals surface area (Å²) in [5.41, 5.74) is 1.42. The molecule has 3 rings (SSSR count). The molecule has 0 unspecified atom stereocenters. The molecule has 3 aromatic rings. The summed E-state index contributed by atoms with van der Waals surface area (Å²) in [4.78, 5) is 12.1. The Morgan fingerprint density at radius 3 is 2.37 bits per heavy atom. The first-order chi connectivity index (χ1) is 13.2. The summed E-state index contributed by atoms with van der Waals surface area (Å²) in [5, 5.41) is 7.35. The Kier molecular flexibility index (Phi) is 5.65. The largest absolute Gasteiger partial charge is 0.493 e. The van der Waals surface area contributed by atoms with Crippen LogP contribution in [0.25, 0.3) is 11.5 Å². The van der Waals surface area contributed by atoms with Crippen molar-refractivity contribution in [2.24, 2.45) is 0 Å². The standard InChI is InChI=1S/C19H21N3O5/c1-4-26-17-15(24-2)10-13(11-16(17)25-3)18-21-22(19(23)27-18)12-20-14-8-6-5-7-9-14/h5-11,20H,4,12H2,1-3H3. The first kappa shape index (κ1) is 18.4. The quantitative estimate of drug-likeness (QED) is 0.651. The van der Waals surface area contributed by atoms with Gasteiger partial charge in [0.15, 0.2) is 11.5 Å². The summed E-state index contributed by atoms with van der Waals surface area (Å²) in [6.07, 6.45) is 0. The second kappa shape index (κ2) is 8.31. The Bertz CT molecular complexity index is 924. The van der Waals surface area contributed by atoms with Gasteiger partial charge in [-0.15, -0.1) is 5.10 Å². The molecule has 8 heteroatoms. The van der Waals surface area contributed by atoms with E-state index in [4.69, 9.17) is 18.6 Å². The average Bonchev–Trinajstić information content (AvgIpc) is 3.08. The Balaban J connectivity index is 1.89. The number of rotatable bonds is 8. The van der Waals surface area contributed by atoms with E-state index in [2.05, 4.69) is 10.4 Å². The lowest BCUT2D eigenvalue weighted by Gasteiger charge is -2.14. The minimum Gasteiger partial charge on any atom is -0.493 e. The second-order valence-corrected chi connectivity index (χ2v) is 5.52. The van der Waals surface area contributed by atoms with Gasteiger partial charge in [0.2, 0.25) is 11.6 Å². The van der Waals surface area contributed by atoms with Gasteiger partial charge in [-0.1, -0.05) is 18.2 Å². The lowest BCUT2D eigenvalue weighted by atomic mass is 10.2. The van der Waals surface area contributed by atoms with Gasteiger partial charge in [0.1, 0.15) is 6.67 Å². The van der Waals surface area contributed by atoms with Gasteiger partial charge in [0.25, 0.3) is 0 Å². The minimum absolute atomic E-state index is 0.162. The van der Waals surface area contributed by atoms with Crippen LogP contribution in [0.4, 0.5) is 5.69 Å². The number of methoxy groups -OCH3 is 2. The highest BCUT2D eigenvalue weighted by Gasteiger charge is 2.18. The first-order valence-electron chi connectivity index (χ1n) is 8.42. The van der Waals surface area contributed by atoms with Crippen molar-refractivity contribution in [3.8, 4) is 28.7 Å². The van der Waals surface area contributed by atoms with Crippen LogP contribution in [0.15, 0.2) is 51.7 Å². The van der Waals surface area contributed by atoms with Crippen LogP contribution in [0.3, 0.4) is 0 Å². The maximum Gasteiger partial charge on any atom is 0.439 e. The number of ether oxygens (including phenoxy) is 3. The predicted octanol–water partition coefficient (Wildman–Crippen LogP) is 2.99. The van der Waals surface area contributed by atoms with Crippen molar-refractivity contribution >= 4 is 5.69 Å². The maximum absolute atomic E-state index is 12.1. The van der Waals surface area contributed by atoms with Crippen molar-refractivity contribution in [3.63, 3.8) is 0 Å². The first-order valence-corrected chi connectivity index (χ1v) is 8.42. The molecule has 142 valence electrons. The molecule has 0 aliphatic carbocycles. The predicted molar refractivity (Wildman–Crippen MR) is 101 cm³/mol. The molecule has 0 bridgehead atoms. The van der Waals surface area contributed by atoms with E-state index in [0.29, 0.717) is 29.4 Å². The smallest absolute Gasteiger partial charge is 0.439 e. The normalized spacial score (nSPS) is 10.5. The van der Waals surface area contributed by atoms with E-state index in [1.807, 2.05) is 37.3 Å². The summed E-state index contributed by atoms with van der Waals surface area (Å²) in [6.45, 7) is 2.51. The Labute approximate surface area is 156 Å². The van der Waals surface area contributed by atoms with Crippen molar-refractivity contribution in [1.82, 2.24) is 9.78 Å². The highest BCUT2D eigenvalue weighted by atomic mass is 16.5. The second-order valence-electron chi connectivity index (χ2n) is 5.52. The van der Waals surface area contributed by atoms with E-state index in [9.17, 15) is 4.79 Å². The number of hydrogen-bond acceptors (Lipinski definition) is 7. The summed E-state index contributed by atoms with van der Waals surface area (Å²) < 4.78 is 22.8. The van der Waals surface area contributed by atoms with Crippen LogP contribution in [0, 0.1) is 0 Å². The molecular weight excluding hydrogens is 350 g/mol. The molecule has 27 heavy (non-hydrogen) atoms. The van der Waals surface area contributed by atoms with Crippen molar-refractivity contribution < 1.29 is 18.6 Å².